The van der Waals surface area contributed by atoms with Crippen molar-refractivity contribution < 1.29 is 5.11 Å². The van der Waals surface area contributed by atoms with Gasteiger partial charge in [0.2, 0.25) is 0 Å². The molecule has 0 saturated carbocycles. The Balaban J connectivity index is 1.70. The molecule has 0 aliphatic heterocycles. The summed E-state index contributed by atoms with van der Waals surface area (Å²) in [6, 6.07) is 13.0. The monoisotopic (exact) mass is 394 g/mol. The minimum atomic E-state index is -0.844. The van der Waals surface area contributed by atoms with E-state index in [2.05, 4.69) is 16.1 Å². The molecule has 2 aromatic carbocycles. The minimum absolute atomic E-state index is 0.0954. The second kappa shape index (κ2) is 7.22. The predicted molar refractivity (Wildman–Crippen MR) is 109 cm³/mol. The van der Waals surface area contributed by atoms with E-state index >= 15 is 0 Å². The first-order chi connectivity index (χ1) is 13.4. The Hall–Kier alpha value is -2.96. The molecule has 0 bridgehead atoms. The van der Waals surface area contributed by atoms with Crippen LogP contribution in [0.2, 0.25) is 5.02 Å². The maximum atomic E-state index is 12.9. The fourth-order valence-corrected chi connectivity index (χ4v) is 3.44. The van der Waals surface area contributed by atoms with Crippen molar-refractivity contribution >= 4 is 22.6 Å². The van der Waals surface area contributed by atoms with Gasteiger partial charge in [-0.3, -0.25) is 9.36 Å². The molecule has 2 heterocycles. The molecule has 28 heavy (non-hydrogen) atoms. The Kier molecular flexibility index (Phi) is 4.75. The van der Waals surface area contributed by atoms with Crippen molar-refractivity contribution in [1.82, 2.24) is 19.3 Å². The first-order valence-electron chi connectivity index (χ1n) is 8.88. The lowest BCUT2D eigenvalue weighted by molar-refractivity contribution is 0.155. The Morgan fingerprint density at radius 3 is 2.46 bits per heavy atom. The summed E-state index contributed by atoms with van der Waals surface area (Å²) in [6.45, 7) is 4.12. The fourth-order valence-electron chi connectivity index (χ4n) is 3.32. The first-order valence-corrected chi connectivity index (χ1v) is 9.25. The smallest absolute Gasteiger partial charge is 0.264 e. The molecule has 0 amide bonds. The summed E-state index contributed by atoms with van der Waals surface area (Å²) in [7, 11) is 0. The van der Waals surface area contributed by atoms with Gasteiger partial charge in [-0.05, 0) is 54.8 Å². The SMILES string of the molecule is Cc1cc(C)cc(-n2ncc3c(=O)n(CC(O)c4ccc(Cl)cc4)cnc32)c1. The molecule has 142 valence electrons. The van der Waals surface area contributed by atoms with Crippen molar-refractivity contribution in [2.45, 2.75) is 26.5 Å². The van der Waals surface area contributed by atoms with Gasteiger partial charge in [-0.15, -0.1) is 0 Å². The van der Waals surface area contributed by atoms with Gasteiger partial charge in [-0.25, -0.2) is 9.67 Å². The van der Waals surface area contributed by atoms with Crippen molar-refractivity contribution in [2.75, 3.05) is 0 Å². The summed E-state index contributed by atoms with van der Waals surface area (Å²) in [5.74, 6) is 0. The summed E-state index contributed by atoms with van der Waals surface area (Å²) in [5, 5.41) is 15.8. The van der Waals surface area contributed by atoms with Crippen molar-refractivity contribution in [2.24, 2.45) is 0 Å². The highest BCUT2D eigenvalue weighted by atomic mass is 35.5. The van der Waals surface area contributed by atoms with Crippen LogP contribution in [0, 0.1) is 13.8 Å². The Morgan fingerprint density at radius 1 is 1.11 bits per heavy atom. The minimum Gasteiger partial charge on any atom is -0.387 e. The third-order valence-electron chi connectivity index (χ3n) is 4.63. The molecule has 1 N–H and O–H groups in total. The van der Waals surface area contributed by atoms with E-state index < -0.39 is 6.10 Å². The average Bonchev–Trinajstić information content (AvgIpc) is 3.08. The molecule has 1 unspecified atom stereocenters. The van der Waals surface area contributed by atoms with Gasteiger partial charge in [0.05, 0.1) is 24.5 Å². The fraction of sp³-hybridized carbons (Fsp3) is 0.190. The van der Waals surface area contributed by atoms with E-state index in [0.717, 1.165) is 16.8 Å². The normalized spacial score (nSPS) is 12.4. The van der Waals surface area contributed by atoms with E-state index in [9.17, 15) is 9.90 Å². The molecule has 0 aliphatic rings. The maximum absolute atomic E-state index is 12.9. The molecule has 0 saturated heterocycles. The lowest BCUT2D eigenvalue weighted by Crippen LogP contribution is -2.23. The number of nitrogens with zero attached hydrogens (tertiary/aromatic N) is 4. The van der Waals surface area contributed by atoms with Crippen molar-refractivity contribution in [3.63, 3.8) is 0 Å². The van der Waals surface area contributed by atoms with Crippen LogP contribution < -0.4 is 5.56 Å². The molecule has 0 spiro atoms. The van der Waals surface area contributed by atoms with Crippen molar-refractivity contribution in [3.8, 4) is 5.69 Å². The lowest BCUT2D eigenvalue weighted by Gasteiger charge is -2.13. The Labute approximate surface area is 166 Å². The third-order valence-corrected chi connectivity index (χ3v) is 4.88. The number of aliphatic hydroxyl groups is 1. The van der Waals surface area contributed by atoms with Crippen LogP contribution in [-0.4, -0.2) is 24.4 Å². The zero-order valence-corrected chi connectivity index (χ0v) is 16.3. The Morgan fingerprint density at radius 2 is 1.79 bits per heavy atom. The van der Waals surface area contributed by atoms with Gasteiger partial charge in [-0.2, -0.15) is 5.10 Å². The molecule has 0 aliphatic carbocycles. The van der Waals surface area contributed by atoms with Gasteiger partial charge < -0.3 is 5.11 Å². The van der Waals surface area contributed by atoms with E-state index in [-0.39, 0.29) is 12.1 Å². The third kappa shape index (κ3) is 3.44. The number of hydrogen-bond acceptors (Lipinski definition) is 4. The topological polar surface area (TPSA) is 72.9 Å². The molecule has 0 fully saturated rings. The van der Waals surface area contributed by atoms with Crippen LogP contribution in [-0.2, 0) is 6.54 Å². The van der Waals surface area contributed by atoms with E-state index in [4.69, 9.17) is 11.6 Å². The van der Waals surface area contributed by atoms with Gasteiger partial charge in [0.15, 0.2) is 5.65 Å². The van der Waals surface area contributed by atoms with E-state index in [1.54, 1.807) is 28.9 Å². The molecule has 4 aromatic rings. The molecule has 1 atom stereocenters. The van der Waals surface area contributed by atoms with Gasteiger partial charge >= 0.3 is 0 Å². The van der Waals surface area contributed by atoms with Gasteiger partial charge in [-0.1, -0.05) is 29.8 Å². The number of aliphatic hydroxyl groups excluding tert-OH is 1. The van der Waals surface area contributed by atoms with E-state index in [1.807, 2.05) is 26.0 Å². The molecule has 4 rings (SSSR count). The molecule has 7 heteroatoms. The second-order valence-corrected chi connectivity index (χ2v) is 7.35. The van der Waals surface area contributed by atoms with Crippen molar-refractivity contribution in [3.05, 3.63) is 87.1 Å². The summed E-state index contributed by atoms with van der Waals surface area (Å²) in [6.07, 6.45) is 2.13. The van der Waals surface area contributed by atoms with Crippen LogP contribution in [0.4, 0.5) is 0 Å². The van der Waals surface area contributed by atoms with E-state index in [0.29, 0.717) is 21.6 Å². The maximum Gasteiger partial charge on any atom is 0.264 e. The average molecular weight is 395 g/mol. The zero-order valence-electron chi connectivity index (χ0n) is 15.5. The largest absolute Gasteiger partial charge is 0.387 e. The van der Waals surface area contributed by atoms with Crippen LogP contribution >= 0.6 is 11.6 Å². The number of benzene rings is 2. The number of hydrogen-bond donors (Lipinski definition) is 1. The standard InChI is InChI=1S/C21H19ClN4O2/c1-13-7-14(2)9-17(8-13)26-20-18(10-24-26)21(28)25(12-23-20)11-19(27)15-3-5-16(22)6-4-15/h3-10,12,19,27H,11H2,1-2H3. The number of rotatable bonds is 4. The van der Waals surface area contributed by atoms with Crippen LogP contribution in [0.1, 0.15) is 22.8 Å². The molecule has 2 aromatic heterocycles. The van der Waals surface area contributed by atoms with Crippen molar-refractivity contribution in [1.29, 1.82) is 0 Å². The predicted octanol–water partition coefficient (Wildman–Crippen LogP) is 3.59. The molecule has 6 nitrogen and oxygen atoms in total. The van der Waals surface area contributed by atoms with Crippen LogP contribution in [0.15, 0.2) is 59.8 Å². The number of fused-ring (bicyclic) bond motifs is 1. The highest BCUT2D eigenvalue weighted by Crippen LogP contribution is 2.19. The second-order valence-electron chi connectivity index (χ2n) is 6.91. The lowest BCUT2D eigenvalue weighted by atomic mass is 10.1. The highest BCUT2D eigenvalue weighted by molar-refractivity contribution is 6.30. The number of aromatic nitrogens is 4. The van der Waals surface area contributed by atoms with Gasteiger partial charge in [0.25, 0.3) is 5.56 Å². The number of halogens is 1. The summed E-state index contributed by atoms with van der Waals surface area (Å²) in [5.41, 5.74) is 4.01. The summed E-state index contributed by atoms with van der Waals surface area (Å²) in [4.78, 5) is 17.3. The molecular formula is C21H19ClN4O2. The number of aryl methyl sites for hydroxylation is 2. The van der Waals surface area contributed by atoms with Crippen LogP contribution in [0.3, 0.4) is 0 Å². The molecular weight excluding hydrogens is 376 g/mol. The quantitative estimate of drug-likeness (QED) is 0.574. The van der Waals surface area contributed by atoms with Gasteiger partial charge in [0.1, 0.15) is 11.7 Å². The Bertz CT molecular complexity index is 1190. The summed E-state index contributed by atoms with van der Waals surface area (Å²) < 4.78 is 3.06. The van der Waals surface area contributed by atoms with Crippen LogP contribution in [0.25, 0.3) is 16.7 Å². The molecule has 0 radical (unpaired) electrons. The zero-order chi connectivity index (χ0) is 19.8. The van der Waals surface area contributed by atoms with E-state index in [1.165, 1.54) is 17.1 Å². The van der Waals surface area contributed by atoms with Crippen LogP contribution in [0.5, 0.6) is 0 Å². The first kappa shape index (κ1) is 18.4. The highest BCUT2D eigenvalue weighted by Gasteiger charge is 2.15. The van der Waals surface area contributed by atoms with Gasteiger partial charge in [0, 0.05) is 5.02 Å². The summed E-state index contributed by atoms with van der Waals surface area (Å²) >= 11 is 5.88.